The Balaban J connectivity index is 1.51. The topological polar surface area (TPSA) is 94.2 Å². The molecule has 0 aromatic heterocycles. The van der Waals surface area contributed by atoms with Crippen molar-refractivity contribution in [1.29, 1.82) is 0 Å². The highest BCUT2D eigenvalue weighted by Crippen LogP contribution is 2.50. The lowest BCUT2D eigenvalue weighted by Gasteiger charge is -2.37. The molecule has 5 atom stereocenters. The first-order valence-electron chi connectivity index (χ1n) is 14.6. The van der Waals surface area contributed by atoms with E-state index in [1.807, 2.05) is 27.7 Å². The number of esters is 1. The van der Waals surface area contributed by atoms with E-state index in [1.165, 1.54) is 20.3 Å². The number of carbonyl (C=O) groups is 3. The molecule has 10 heteroatoms. The summed E-state index contributed by atoms with van der Waals surface area (Å²) >= 11 is 0. The van der Waals surface area contributed by atoms with Gasteiger partial charge in [0, 0.05) is 12.1 Å². The van der Waals surface area contributed by atoms with Crippen LogP contribution in [-0.4, -0.2) is 55.3 Å². The van der Waals surface area contributed by atoms with Crippen molar-refractivity contribution in [2.75, 3.05) is 14.2 Å². The van der Waals surface area contributed by atoms with Crippen LogP contribution in [0.5, 0.6) is 11.5 Å². The molecule has 0 heterocycles. The van der Waals surface area contributed by atoms with Crippen LogP contribution in [0.25, 0.3) is 0 Å². The molecule has 2 amide bonds. The summed E-state index contributed by atoms with van der Waals surface area (Å²) in [6.45, 7) is 9.17. The van der Waals surface area contributed by atoms with Gasteiger partial charge in [0.05, 0.1) is 43.3 Å². The van der Waals surface area contributed by atoms with Crippen molar-refractivity contribution < 1.29 is 37.5 Å². The summed E-state index contributed by atoms with van der Waals surface area (Å²) in [7, 11) is 2.71. The Morgan fingerprint density at radius 3 is 2.27 bits per heavy atom. The lowest BCUT2D eigenvalue weighted by molar-refractivity contribution is -0.164. The number of amides is 2. The molecule has 0 unspecified atom stereocenters. The molecule has 2 bridgehead atoms. The number of hydrogen-bond acceptors (Lipinski definition) is 6. The van der Waals surface area contributed by atoms with Gasteiger partial charge in [-0.1, -0.05) is 25.3 Å². The number of benzene rings is 1. The second-order valence-electron chi connectivity index (χ2n) is 13.4. The molecule has 41 heavy (non-hydrogen) atoms. The first-order valence-corrected chi connectivity index (χ1v) is 14.6. The third kappa shape index (κ3) is 6.16. The number of rotatable bonds is 8. The van der Waals surface area contributed by atoms with E-state index in [9.17, 15) is 14.4 Å². The summed E-state index contributed by atoms with van der Waals surface area (Å²) in [6.07, 6.45) is 4.21. The zero-order valence-electron chi connectivity index (χ0n) is 25.2. The minimum Gasteiger partial charge on any atom is -0.496 e. The van der Waals surface area contributed by atoms with Crippen molar-refractivity contribution in [1.82, 2.24) is 10.4 Å². The molecule has 228 valence electrons. The number of nitrogens with zero attached hydrogens (tertiary/aromatic N) is 1. The predicted molar refractivity (Wildman–Crippen MR) is 148 cm³/mol. The standard InChI is InChI=1S/C31H44F2N2O6/c1-17(30(2,3)4)35(33)28(37)25-18-8-9-19(14-18)26(25)34-27(36)21-15-24(22(32)16-23(21)39-6)41-20-10-12-31(5,13-11-20)29(38)40-7/h15-20,25-26H,8-14H2,1-7H3,(H,34,36)/t17-,18+,19-,20-,25-,26+,31+/m0/s1. The molecule has 4 rings (SSSR count). The molecule has 3 aliphatic rings. The normalized spacial score (nSPS) is 29.9. The molecule has 3 aliphatic carbocycles. The minimum absolute atomic E-state index is 0.000738. The molecule has 0 saturated heterocycles. The maximum atomic E-state index is 15.3. The maximum Gasteiger partial charge on any atom is 0.311 e. The van der Waals surface area contributed by atoms with Gasteiger partial charge in [-0.25, -0.2) is 4.39 Å². The van der Waals surface area contributed by atoms with Crippen LogP contribution in [0.15, 0.2) is 12.1 Å². The summed E-state index contributed by atoms with van der Waals surface area (Å²) in [5.74, 6) is -2.73. The number of carbonyl (C=O) groups excluding carboxylic acids is 3. The second kappa shape index (κ2) is 11.8. The van der Waals surface area contributed by atoms with Crippen LogP contribution < -0.4 is 14.8 Å². The van der Waals surface area contributed by atoms with Gasteiger partial charge in [-0.05, 0) is 82.1 Å². The fourth-order valence-electron chi connectivity index (χ4n) is 6.70. The van der Waals surface area contributed by atoms with Crippen LogP contribution in [0.4, 0.5) is 8.87 Å². The minimum atomic E-state index is -0.670. The van der Waals surface area contributed by atoms with Crippen LogP contribution in [-0.2, 0) is 14.3 Å². The van der Waals surface area contributed by atoms with Gasteiger partial charge in [-0.2, -0.15) is 5.12 Å². The molecular weight excluding hydrogens is 534 g/mol. The van der Waals surface area contributed by atoms with E-state index in [0.717, 1.165) is 25.3 Å². The van der Waals surface area contributed by atoms with Crippen LogP contribution in [0.1, 0.15) is 89.9 Å². The van der Waals surface area contributed by atoms with Crippen LogP contribution in [0, 0.1) is 34.4 Å². The Kier molecular flexibility index (Phi) is 8.90. The van der Waals surface area contributed by atoms with Crippen LogP contribution in [0.3, 0.4) is 0 Å². The third-order valence-electron chi connectivity index (χ3n) is 9.81. The Morgan fingerprint density at radius 1 is 1.05 bits per heavy atom. The summed E-state index contributed by atoms with van der Waals surface area (Å²) in [6, 6.07) is 1.27. The molecule has 3 fully saturated rings. The lowest BCUT2D eigenvalue weighted by Crippen LogP contribution is -2.52. The van der Waals surface area contributed by atoms with E-state index >= 15 is 8.87 Å². The Labute approximate surface area is 241 Å². The quantitative estimate of drug-likeness (QED) is 0.318. The second-order valence-corrected chi connectivity index (χ2v) is 13.4. The largest absolute Gasteiger partial charge is 0.496 e. The highest BCUT2D eigenvalue weighted by atomic mass is 19.2. The Bertz CT molecular complexity index is 1160. The molecule has 0 aliphatic heterocycles. The van der Waals surface area contributed by atoms with Gasteiger partial charge in [0.25, 0.3) is 11.8 Å². The maximum absolute atomic E-state index is 15.3. The van der Waals surface area contributed by atoms with E-state index in [2.05, 4.69) is 5.32 Å². The van der Waals surface area contributed by atoms with Crippen molar-refractivity contribution in [2.45, 2.75) is 97.8 Å². The van der Waals surface area contributed by atoms with Gasteiger partial charge in [0.2, 0.25) is 0 Å². The lowest BCUT2D eigenvalue weighted by atomic mass is 9.75. The predicted octanol–water partition coefficient (Wildman–Crippen LogP) is 5.63. The number of fused-ring (bicyclic) bond motifs is 2. The van der Waals surface area contributed by atoms with E-state index in [0.29, 0.717) is 30.8 Å². The Morgan fingerprint density at radius 2 is 1.68 bits per heavy atom. The molecule has 8 nitrogen and oxygen atoms in total. The number of ether oxygens (including phenoxy) is 3. The summed E-state index contributed by atoms with van der Waals surface area (Å²) in [5, 5.41) is 3.32. The van der Waals surface area contributed by atoms with Crippen LogP contribution >= 0.6 is 0 Å². The molecule has 1 N–H and O–H groups in total. The van der Waals surface area contributed by atoms with E-state index in [-0.39, 0.29) is 41.0 Å². The monoisotopic (exact) mass is 578 g/mol. The first kappa shape index (κ1) is 31.0. The molecule has 3 saturated carbocycles. The van der Waals surface area contributed by atoms with E-state index < -0.39 is 46.5 Å². The van der Waals surface area contributed by atoms with Gasteiger partial charge >= 0.3 is 5.97 Å². The van der Waals surface area contributed by atoms with Gasteiger partial charge in [-0.15, -0.1) is 0 Å². The van der Waals surface area contributed by atoms with Crippen molar-refractivity contribution in [3.8, 4) is 11.5 Å². The van der Waals surface area contributed by atoms with Crippen molar-refractivity contribution >= 4 is 17.8 Å². The first-order chi connectivity index (χ1) is 19.2. The number of hydrogen-bond donors (Lipinski definition) is 1. The molecule has 0 radical (unpaired) electrons. The highest BCUT2D eigenvalue weighted by Gasteiger charge is 2.53. The third-order valence-corrected chi connectivity index (χ3v) is 9.81. The number of nitrogens with one attached hydrogen (secondary N) is 1. The van der Waals surface area contributed by atoms with Gasteiger partial charge in [0.15, 0.2) is 11.6 Å². The van der Waals surface area contributed by atoms with Gasteiger partial charge in [-0.3, -0.25) is 14.4 Å². The molecular formula is C31H44F2N2O6. The average molecular weight is 579 g/mol. The SMILES string of the molecule is COc1cc(F)c(O[C@H]2CC[C@@](C)(C(=O)OC)CC2)cc1C(=O)N[C@@H]1[C@H]2CC[C@H](C2)[C@@H]1C(=O)N(F)[C@@H](C)C(C)(C)C. The summed E-state index contributed by atoms with van der Waals surface area (Å²) in [5.41, 5.74) is -0.977. The van der Waals surface area contributed by atoms with Gasteiger partial charge in [0.1, 0.15) is 5.75 Å². The van der Waals surface area contributed by atoms with Gasteiger partial charge < -0.3 is 19.5 Å². The fraction of sp³-hybridized carbons (Fsp3) is 0.710. The average Bonchev–Trinajstić information content (AvgIpc) is 3.55. The van der Waals surface area contributed by atoms with E-state index in [4.69, 9.17) is 14.2 Å². The van der Waals surface area contributed by atoms with Crippen molar-refractivity contribution in [2.24, 2.45) is 28.6 Å². The summed E-state index contributed by atoms with van der Waals surface area (Å²) in [4.78, 5) is 39.1. The highest BCUT2D eigenvalue weighted by molar-refractivity contribution is 5.98. The molecule has 0 spiro atoms. The Hall–Kier alpha value is -2.91. The molecule has 1 aromatic rings. The van der Waals surface area contributed by atoms with Crippen molar-refractivity contribution in [3.05, 3.63) is 23.5 Å². The zero-order chi connectivity index (χ0) is 30.3. The zero-order valence-corrected chi connectivity index (χ0v) is 25.2. The number of methoxy groups -OCH3 is 2. The smallest absolute Gasteiger partial charge is 0.311 e. The summed E-state index contributed by atoms with van der Waals surface area (Å²) < 4.78 is 46.6. The number of halogens is 2. The van der Waals surface area contributed by atoms with Crippen molar-refractivity contribution in [3.63, 3.8) is 0 Å². The van der Waals surface area contributed by atoms with Crippen LogP contribution in [0.2, 0.25) is 0 Å². The molecule has 1 aromatic carbocycles. The fourth-order valence-corrected chi connectivity index (χ4v) is 6.70. The van der Waals surface area contributed by atoms with E-state index in [1.54, 1.807) is 6.92 Å².